The Morgan fingerprint density at radius 2 is 1.95 bits per heavy atom. The van der Waals surface area contributed by atoms with Crippen LogP contribution in [0.3, 0.4) is 0 Å². The number of hydrogen-bond acceptors (Lipinski definition) is 6. The summed E-state index contributed by atoms with van der Waals surface area (Å²) in [6.07, 6.45) is 6.53. The van der Waals surface area contributed by atoms with Crippen molar-refractivity contribution in [2.24, 2.45) is 17.8 Å². The van der Waals surface area contributed by atoms with E-state index >= 15 is 0 Å². The van der Waals surface area contributed by atoms with Gasteiger partial charge in [0.2, 0.25) is 5.91 Å². The molecule has 2 amide bonds. The molecule has 1 aromatic rings. The number of esters is 1. The van der Waals surface area contributed by atoms with Crippen molar-refractivity contribution < 1.29 is 29.0 Å². The normalized spacial score (nSPS) is 30.8. The van der Waals surface area contributed by atoms with Crippen LogP contribution in [0.4, 0.5) is 5.69 Å². The van der Waals surface area contributed by atoms with Crippen LogP contribution in [0.1, 0.15) is 46.0 Å². The maximum atomic E-state index is 14.5. The molecule has 3 saturated heterocycles. The number of carbonyl (C=O) groups excluding carboxylic acids is 3. The molecule has 212 valence electrons. The third-order valence-corrected chi connectivity index (χ3v) is 8.99. The first-order valence-electron chi connectivity index (χ1n) is 13.7. The third-order valence-electron chi connectivity index (χ3n) is 8.67. The summed E-state index contributed by atoms with van der Waals surface area (Å²) in [7, 11) is 0. The van der Waals surface area contributed by atoms with Gasteiger partial charge in [-0.1, -0.05) is 62.2 Å². The van der Waals surface area contributed by atoms with Crippen molar-refractivity contribution in [2.45, 2.75) is 63.2 Å². The van der Waals surface area contributed by atoms with Gasteiger partial charge in [0, 0.05) is 19.7 Å². The van der Waals surface area contributed by atoms with Crippen molar-refractivity contribution in [1.82, 2.24) is 4.90 Å². The minimum Gasteiger partial charge on any atom is -0.461 e. The number of anilines is 1. The molecule has 3 aliphatic heterocycles. The highest BCUT2D eigenvalue weighted by molar-refractivity contribution is 6.34. The summed E-state index contributed by atoms with van der Waals surface area (Å²) in [6, 6.07) is 6.13. The van der Waals surface area contributed by atoms with Crippen LogP contribution < -0.4 is 4.90 Å². The van der Waals surface area contributed by atoms with Gasteiger partial charge in [-0.2, -0.15) is 0 Å². The Kier molecular flexibility index (Phi) is 8.88. The summed E-state index contributed by atoms with van der Waals surface area (Å²) >= 11 is 6.52. The van der Waals surface area contributed by atoms with Gasteiger partial charge in [-0.25, -0.2) is 0 Å². The number of carbonyl (C=O) groups is 3. The van der Waals surface area contributed by atoms with E-state index in [1.165, 1.54) is 6.08 Å². The van der Waals surface area contributed by atoms with Crippen LogP contribution in [0.5, 0.6) is 0 Å². The molecular formula is C30H39ClN2O6. The maximum absolute atomic E-state index is 14.5. The van der Waals surface area contributed by atoms with E-state index in [1.54, 1.807) is 40.1 Å². The molecule has 1 aromatic carbocycles. The van der Waals surface area contributed by atoms with E-state index < -0.39 is 35.0 Å². The Bertz CT molecular complexity index is 1130. The molecule has 0 aliphatic carbocycles. The van der Waals surface area contributed by atoms with Crippen LogP contribution in [-0.4, -0.2) is 71.3 Å². The SMILES string of the molecule is C=CCOC(=O)[C@H]1[C@H]2C(=O)N(CCCCCCO)C(C(=O)N(CC=C)c3ccccc3Cl)C23CC(C)[C@]1(C)O3. The third kappa shape index (κ3) is 4.92. The van der Waals surface area contributed by atoms with Crippen LogP contribution in [0.15, 0.2) is 49.6 Å². The lowest BCUT2D eigenvalue weighted by Crippen LogP contribution is -2.57. The number of para-hydroxylation sites is 1. The average Bonchev–Trinajstić information content (AvgIpc) is 3.42. The monoisotopic (exact) mass is 558 g/mol. The quantitative estimate of drug-likeness (QED) is 0.222. The van der Waals surface area contributed by atoms with Gasteiger partial charge >= 0.3 is 5.97 Å². The summed E-state index contributed by atoms with van der Waals surface area (Å²) in [4.78, 5) is 45.3. The topological polar surface area (TPSA) is 96.4 Å². The molecule has 39 heavy (non-hydrogen) atoms. The molecule has 0 saturated carbocycles. The molecule has 1 N–H and O–H groups in total. The molecular weight excluding hydrogens is 520 g/mol. The largest absolute Gasteiger partial charge is 0.461 e. The number of fused-ring (bicyclic) bond motifs is 1. The van der Waals surface area contributed by atoms with Gasteiger partial charge in [-0.05, 0) is 44.2 Å². The Morgan fingerprint density at radius 1 is 1.23 bits per heavy atom. The average molecular weight is 559 g/mol. The lowest BCUT2D eigenvalue weighted by molar-refractivity contribution is -0.160. The van der Waals surface area contributed by atoms with Crippen molar-refractivity contribution in [3.63, 3.8) is 0 Å². The number of unbranched alkanes of at least 4 members (excludes halogenated alkanes) is 3. The second-order valence-corrected chi connectivity index (χ2v) is 11.4. The number of likely N-dealkylation sites (tertiary alicyclic amines) is 1. The summed E-state index contributed by atoms with van der Waals surface area (Å²) in [5, 5.41) is 9.55. The zero-order valence-electron chi connectivity index (χ0n) is 22.8. The Morgan fingerprint density at radius 3 is 2.62 bits per heavy atom. The van der Waals surface area contributed by atoms with Gasteiger partial charge in [0.25, 0.3) is 5.91 Å². The van der Waals surface area contributed by atoms with Crippen molar-refractivity contribution in [3.05, 3.63) is 54.6 Å². The lowest BCUT2D eigenvalue weighted by atomic mass is 9.62. The molecule has 3 aliphatic rings. The van der Waals surface area contributed by atoms with E-state index in [0.717, 1.165) is 12.8 Å². The van der Waals surface area contributed by atoms with Gasteiger partial charge in [0.05, 0.1) is 22.2 Å². The van der Waals surface area contributed by atoms with E-state index in [1.807, 2.05) is 13.8 Å². The number of aliphatic hydroxyl groups excluding tert-OH is 1. The standard InChI is InChI=1S/C30H39ClN2O6/c1-5-15-32(22-14-10-9-13-21(22)31)27(36)25-30-19-20(3)29(4,39-30)24(28(37)38-18-6-2)23(30)26(35)33(25)16-11-7-8-12-17-34/h5-6,9-10,13-14,20,23-25,34H,1-2,7-8,11-12,15-19H2,3-4H3/t20?,23-,24+,25?,29-,30?/m0/s1. The number of rotatable bonds is 13. The predicted molar refractivity (Wildman–Crippen MR) is 149 cm³/mol. The summed E-state index contributed by atoms with van der Waals surface area (Å²) in [5.41, 5.74) is -1.60. The van der Waals surface area contributed by atoms with E-state index in [0.29, 0.717) is 36.5 Å². The zero-order valence-corrected chi connectivity index (χ0v) is 23.6. The molecule has 9 heteroatoms. The summed E-state index contributed by atoms with van der Waals surface area (Å²) in [5.74, 6) is -2.84. The second-order valence-electron chi connectivity index (χ2n) is 11.0. The highest BCUT2D eigenvalue weighted by Crippen LogP contribution is 2.65. The summed E-state index contributed by atoms with van der Waals surface area (Å²) < 4.78 is 12.2. The van der Waals surface area contributed by atoms with Crippen LogP contribution in [0, 0.1) is 17.8 Å². The molecule has 0 radical (unpaired) electrons. The fourth-order valence-corrected chi connectivity index (χ4v) is 7.09. The van der Waals surface area contributed by atoms with Gasteiger partial charge < -0.3 is 24.4 Å². The Labute approximate surface area is 235 Å². The number of benzene rings is 1. The first-order chi connectivity index (χ1) is 18.7. The Balaban J connectivity index is 1.77. The molecule has 6 atom stereocenters. The van der Waals surface area contributed by atoms with Crippen LogP contribution in [-0.2, 0) is 23.9 Å². The molecule has 4 rings (SSSR count). The predicted octanol–water partition coefficient (Wildman–Crippen LogP) is 4.15. The highest BCUT2D eigenvalue weighted by atomic mass is 35.5. The number of amides is 2. The van der Waals surface area contributed by atoms with Crippen LogP contribution >= 0.6 is 11.6 Å². The number of nitrogens with zero attached hydrogens (tertiary/aromatic N) is 2. The maximum Gasteiger partial charge on any atom is 0.313 e. The van der Waals surface area contributed by atoms with E-state index in [2.05, 4.69) is 13.2 Å². The zero-order chi connectivity index (χ0) is 28.4. The molecule has 0 aromatic heterocycles. The number of aliphatic hydroxyl groups is 1. The fraction of sp³-hybridized carbons (Fsp3) is 0.567. The molecule has 3 heterocycles. The van der Waals surface area contributed by atoms with Crippen LogP contribution in [0.2, 0.25) is 5.02 Å². The van der Waals surface area contributed by atoms with E-state index in [-0.39, 0.29) is 37.5 Å². The molecule has 1 spiro atoms. The number of hydrogen-bond donors (Lipinski definition) is 1. The van der Waals surface area contributed by atoms with E-state index in [9.17, 15) is 14.4 Å². The van der Waals surface area contributed by atoms with Gasteiger partial charge in [0.1, 0.15) is 24.2 Å². The molecule has 2 bridgehead atoms. The summed E-state index contributed by atoms with van der Waals surface area (Å²) in [6.45, 7) is 12.0. The van der Waals surface area contributed by atoms with Crippen molar-refractivity contribution in [3.8, 4) is 0 Å². The first-order valence-corrected chi connectivity index (χ1v) is 14.1. The van der Waals surface area contributed by atoms with Crippen molar-refractivity contribution in [2.75, 3.05) is 31.2 Å². The van der Waals surface area contributed by atoms with E-state index in [4.69, 9.17) is 26.2 Å². The van der Waals surface area contributed by atoms with Gasteiger partial charge in [-0.3, -0.25) is 14.4 Å². The molecule has 8 nitrogen and oxygen atoms in total. The molecule has 3 fully saturated rings. The molecule has 3 unspecified atom stereocenters. The number of halogens is 1. The van der Waals surface area contributed by atoms with Crippen molar-refractivity contribution in [1.29, 1.82) is 0 Å². The Hall–Kier alpha value is -2.68. The number of ether oxygens (including phenoxy) is 2. The van der Waals surface area contributed by atoms with Crippen molar-refractivity contribution >= 4 is 35.1 Å². The fourth-order valence-electron chi connectivity index (χ4n) is 6.85. The smallest absolute Gasteiger partial charge is 0.313 e. The second kappa shape index (κ2) is 11.8. The van der Waals surface area contributed by atoms with Crippen LogP contribution in [0.25, 0.3) is 0 Å². The van der Waals surface area contributed by atoms with Gasteiger partial charge in [-0.15, -0.1) is 6.58 Å². The van der Waals surface area contributed by atoms with Gasteiger partial charge in [0.15, 0.2) is 0 Å². The minimum atomic E-state index is -1.17. The minimum absolute atomic E-state index is 0.0320. The first kappa shape index (κ1) is 29.3. The lowest BCUT2D eigenvalue weighted by Gasteiger charge is -2.37. The highest BCUT2D eigenvalue weighted by Gasteiger charge is 2.80.